The van der Waals surface area contributed by atoms with Crippen LogP contribution in [0.25, 0.3) is 99.7 Å². The van der Waals surface area contributed by atoms with Crippen LogP contribution in [0.2, 0.25) is 0 Å². The Hall–Kier alpha value is -7.42. The van der Waals surface area contributed by atoms with Crippen LogP contribution < -0.4 is 0 Å². The fraction of sp³-hybridized carbons (Fsp3) is 0.0357. The van der Waals surface area contributed by atoms with E-state index in [9.17, 15) is 0 Å². The van der Waals surface area contributed by atoms with Gasteiger partial charge < -0.3 is 0 Å². The van der Waals surface area contributed by atoms with Gasteiger partial charge in [0, 0.05) is 23.5 Å². The first-order valence-corrected chi connectivity index (χ1v) is 19.9. The van der Waals surface area contributed by atoms with Crippen LogP contribution in [-0.4, -0.2) is 9.97 Å². The lowest BCUT2D eigenvalue weighted by atomic mass is 9.84. The topological polar surface area (TPSA) is 25.8 Å². The molecular formula is C56H40N2. The quantitative estimate of drug-likeness (QED) is 0.152. The number of hydrogen-bond donors (Lipinski definition) is 0. The molecule has 2 nitrogen and oxygen atoms in total. The molecule has 0 N–H and O–H groups in total. The van der Waals surface area contributed by atoms with Crippen molar-refractivity contribution in [2.24, 2.45) is 0 Å². The maximum atomic E-state index is 4.73. The summed E-state index contributed by atoms with van der Waals surface area (Å²) in [5.41, 5.74) is 18.5. The Bertz CT molecular complexity index is 3030. The highest BCUT2D eigenvalue weighted by atomic mass is 14.7. The number of pyridine rings is 2. The summed E-state index contributed by atoms with van der Waals surface area (Å²) in [6, 6.07) is 70.5. The van der Waals surface area contributed by atoms with E-state index in [1.807, 2.05) is 24.5 Å². The molecule has 0 saturated heterocycles. The number of aryl methyl sites for hydroxylation is 2. The lowest BCUT2D eigenvalue weighted by molar-refractivity contribution is 1.27. The fourth-order valence-corrected chi connectivity index (χ4v) is 8.53. The maximum Gasteiger partial charge on any atom is 0.0731 e. The molecule has 0 aliphatic carbocycles. The van der Waals surface area contributed by atoms with E-state index in [2.05, 4.69) is 196 Å². The van der Waals surface area contributed by atoms with Gasteiger partial charge in [-0.05, 0) is 139 Å². The van der Waals surface area contributed by atoms with Gasteiger partial charge in [0.2, 0.25) is 0 Å². The number of nitrogens with zero attached hydrogens (tertiary/aromatic N) is 2. The van der Waals surface area contributed by atoms with Crippen molar-refractivity contribution in [2.45, 2.75) is 13.8 Å². The van der Waals surface area contributed by atoms with E-state index in [1.165, 1.54) is 82.7 Å². The number of hydrogen-bond acceptors (Lipinski definition) is 2. The summed E-state index contributed by atoms with van der Waals surface area (Å²) < 4.78 is 0. The normalized spacial score (nSPS) is 11.3. The van der Waals surface area contributed by atoms with E-state index >= 15 is 0 Å². The van der Waals surface area contributed by atoms with Gasteiger partial charge in [0.1, 0.15) is 0 Å². The van der Waals surface area contributed by atoms with Crippen molar-refractivity contribution in [1.29, 1.82) is 0 Å². The SMILES string of the molecule is Cc1cccnc1-c1ccc(-c2c3ccccc3c(-c3ccc(-c4ncccc4C)cc3)c3cc(-c4cc(-c5ccccc5)cc(-c5ccccc5)c4)ccc23)cc1. The first-order valence-electron chi connectivity index (χ1n) is 19.9. The lowest BCUT2D eigenvalue weighted by Crippen LogP contribution is -1.93. The monoisotopic (exact) mass is 740 g/mol. The molecule has 2 aromatic heterocycles. The van der Waals surface area contributed by atoms with Crippen LogP contribution in [-0.2, 0) is 0 Å². The molecule has 274 valence electrons. The minimum absolute atomic E-state index is 1.01. The Morgan fingerprint density at radius 2 is 0.638 bits per heavy atom. The van der Waals surface area contributed by atoms with Crippen LogP contribution >= 0.6 is 0 Å². The number of fused-ring (bicyclic) bond motifs is 2. The van der Waals surface area contributed by atoms with Crippen molar-refractivity contribution in [3.8, 4) is 78.1 Å². The average Bonchev–Trinajstić information content (AvgIpc) is 3.29. The van der Waals surface area contributed by atoms with E-state index in [1.54, 1.807) is 0 Å². The zero-order chi connectivity index (χ0) is 39.0. The molecule has 0 aliphatic heterocycles. The van der Waals surface area contributed by atoms with Crippen molar-refractivity contribution < 1.29 is 0 Å². The summed E-state index contributed by atoms with van der Waals surface area (Å²) in [7, 11) is 0. The summed E-state index contributed by atoms with van der Waals surface area (Å²) in [5.74, 6) is 0. The minimum Gasteiger partial charge on any atom is -0.256 e. The van der Waals surface area contributed by atoms with E-state index in [4.69, 9.17) is 9.97 Å². The Labute approximate surface area is 339 Å². The zero-order valence-corrected chi connectivity index (χ0v) is 32.5. The second-order valence-corrected chi connectivity index (χ2v) is 15.1. The molecule has 0 radical (unpaired) electrons. The fourth-order valence-electron chi connectivity index (χ4n) is 8.53. The molecule has 0 aliphatic rings. The lowest BCUT2D eigenvalue weighted by Gasteiger charge is -2.19. The van der Waals surface area contributed by atoms with E-state index in [0.717, 1.165) is 28.1 Å². The summed E-state index contributed by atoms with van der Waals surface area (Å²) in [4.78, 5) is 9.44. The second-order valence-electron chi connectivity index (χ2n) is 15.1. The number of benzene rings is 8. The van der Waals surface area contributed by atoms with Gasteiger partial charge in [0.25, 0.3) is 0 Å². The van der Waals surface area contributed by atoms with Crippen LogP contribution in [0, 0.1) is 13.8 Å². The van der Waals surface area contributed by atoms with Crippen LogP contribution in [0.15, 0.2) is 207 Å². The first-order chi connectivity index (χ1) is 28.6. The number of aromatic nitrogens is 2. The second kappa shape index (κ2) is 14.9. The van der Waals surface area contributed by atoms with Gasteiger partial charge in [0.15, 0.2) is 0 Å². The van der Waals surface area contributed by atoms with E-state index < -0.39 is 0 Å². The third-order valence-corrected chi connectivity index (χ3v) is 11.4. The van der Waals surface area contributed by atoms with Crippen LogP contribution in [0.5, 0.6) is 0 Å². The first kappa shape index (κ1) is 35.0. The van der Waals surface area contributed by atoms with Crippen LogP contribution in [0.3, 0.4) is 0 Å². The molecule has 0 spiro atoms. The predicted molar refractivity (Wildman–Crippen MR) is 245 cm³/mol. The molecule has 0 fully saturated rings. The zero-order valence-electron chi connectivity index (χ0n) is 32.5. The molecule has 0 atom stereocenters. The summed E-state index contributed by atoms with van der Waals surface area (Å²) >= 11 is 0. The van der Waals surface area contributed by atoms with Gasteiger partial charge in [-0.3, -0.25) is 9.97 Å². The van der Waals surface area contributed by atoms with Crippen molar-refractivity contribution in [1.82, 2.24) is 9.97 Å². The molecule has 2 heterocycles. The molecule has 58 heavy (non-hydrogen) atoms. The van der Waals surface area contributed by atoms with E-state index in [-0.39, 0.29) is 0 Å². The van der Waals surface area contributed by atoms with Crippen molar-refractivity contribution in [3.63, 3.8) is 0 Å². The Morgan fingerprint density at radius 3 is 1.10 bits per heavy atom. The van der Waals surface area contributed by atoms with Crippen molar-refractivity contribution >= 4 is 21.5 Å². The summed E-state index contributed by atoms with van der Waals surface area (Å²) in [5, 5.41) is 4.87. The molecular weight excluding hydrogens is 701 g/mol. The molecule has 10 rings (SSSR count). The highest BCUT2D eigenvalue weighted by Crippen LogP contribution is 2.46. The molecule has 0 amide bonds. The maximum absolute atomic E-state index is 4.73. The highest BCUT2D eigenvalue weighted by Gasteiger charge is 2.19. The van der Waals surface area contributed by atoms with Gasteiger partial charge in [-0.2, -0.15) is 0 Å². The summed E-state index contributed by atoms with van der Waals surface area (Å²) in [6.45, 7) is 4.24. The minimum atomic E-state index is 1.01. The molecule has 0 unspecified atom stereocenters. The molecule has 10 aromatic rings. The van der Waals surface area contributed by atoms with Gasteiger partial charge in [-0.25, -0.2) is 0 Å². The van der Waals surface area contributed by atoms with Crippen molar-refractivity contribution in [2.75, 3.05) is 0 Å². The molecule has 0 bridgehead atoms. The van der Waals surface area contributed by atoms with Crippen LogP contribution in [0.1, 0.15) is 11.1 Å². The van der Waals surface area contributed by atoms with Gasteiger partial charge in [-0.15, -0.1) is 0 Å². The standard InChI is InChI=1S/C56H40N2/c1-37-13-11-31-57-55(37)43-25-21-41(22-26-43)53-49-19-9-10-20-50(49)54(42-23-27-44(28-24-42)56-38(2)14-12-32-58-56)52-36-45(29-30-51(52)53)48-34-46(39-15-5-3-6-16-39)33-47(35-48)40-17-7-4-8-18-40/h3-36H,1-2H3. The third kappa shape index (κ3) is 6.45. The molecule has 8 aromatic carbocycles. The molecule has 2 heteroatoms. The smallest absolute Gasteiger partial charge is 0.0731 e. The predicted octanol–water partition coefficient (Wildman–Crippen LogP) is 15.1. The number of rotatable bonds is 7. The third-order valence-electron chi connectivity index (χ3n) is 11.4. The van der Waals surface area contributed by atoms with Gasteiger partial charge >= 0.3 is 0 Å². The van der Waals surface area contributed by atoms with Crippen LogP contribution in [0.4, 0.5) is 0 Å². The average molecular weight is 741 g/mol. The van der Waals surface area contributed by atoms with Gasteiger partial charge in [-0.1, -0.05) is 158 Å². The molecule has 0 saturated carbocycles. The van der Waals surface area contributed by atoms with Crippen molar-refractivity contribution in [3.05, 3.63) is 218 Å². The Morgan fingerprint density at radius 1 is 0.259 bits per heavy atom. The van der Waals surface area contributed by atoms with E-state index in [0.29, 0.717) is 0 Å². The largest absolute Gasteiger partial charge is 0.256 e. The highest BCUT2D eigenvalue weighted by molar-refractivity contribution is 6.22. The van der Waals surface area contributed by atoms with Gasteiger partial charge in [0.05, 0.1) is 11.4 Å². The Balaban J connectivity index is 1.22. The Kier molecular flexibility index (Phi) is 9.01. The summed E-state index contributed by atoms with van der Waals surface area (Å²) in [6.07, 6.45) is 3.74.